The Balaban J connectivity index is 4.90. The van der Waals surface area contributed by atoms with Crippen molar-refractivity contribution in [2.45, 2.75) is 40.2 Å². The molecule has 1 atom stereocenters. The Labute approximate surface area is 127 Å². The van der Waals surface area contributed by atoms with Crippen molar-refractivity contribution in [2.75, 3.05) is 34.2 Å². The molecule has 0 aliphatic carbocycles. The summed E-state index contributed by atoms with van der Waals surface area (Å²) in [6.45, 7) is 7.99. The van der Waals surface area contributed by atoms with Gasteiger partial charge in [0.05, 0.1) is 0 Å². The number of likely N-dealkylation sites (N-methyl/N-ethyl adjacent to an activating group) is 2. The Morgan fingerprint density at radius 3 is 2.00 bits per heavy atom. The van der Waals surface area contributed by atoms with Gasteiger partial charge in [-0.1, -0.05) is 20.8 Å². The second-order valence-corrected chi connectivity index (χ2v) is 6.68. The van der Waals surface area contributed by atoms with Crippen LogP contribution >= 0.6 is 0 Å². The van der Waals surface area contributed by atoms with Crippen molar-refractivity contribution < 1.29 is 14.4 Å². The number of nitrogens with zero attached hydrogens (tertiary/aromatic N) is 2. The molecule has 6 nitrogen and oxygen atoms in total. The first-order valence-electron chi connectivity index (χ1n) is 7.16. The van der Waals surface area contributed by atoms with E-state index < -0.39 is 11.5 Å². The molecule has 122 valence electrons. The Morgan fingerprint density at radius 1 is 1.10 bits per heavy atom. The number of amides is 2. The van der Waals surface area contributed by atoms with Crippen molar-refractivity contribution >= 4 is 17.6 Å². The van der Waals surface area contributed by atoms with Crippen molar-refractivity contribution in [2.24, 2.45) is 5.41 Å². The molecule has 21 heavy (non-hydrogen) atoms. The standard InChI is InChI=1S/C15H29N3O3/c1-11(19)10-12(13(20)16-8-9-17(5)6)18(7)14(21)15(2,3)4/h12H,8-10H2,1-7H3,(H,16,20)/t12-/m0/s1. The zero-order chi connectivity index (χ0) is 16.8. The molecule has 2 amide bonds. The van der Waals surface area contributed by atoms with Crippen LogP contribution in [-0.4, -0.2) is 67.7 Å². The molecule has 0 heterocycles. The smallest absolute Gasteiger partial charge is 0.243 e. The molecule has 0 saturated heterocycles. The van der Waals surface area contributed by atoms with Gasteiger partial charge < -0.3 is 15.1 Å². The van der Waals surface area contributed by atoms with Gasteiger partial charge in [-0.25, -0.2) is 0 Å². The Hall–Kier alpha value is -1.43. The van der Waals surface area contributed by atoms with E-state index in [0.717, 1.165) is 0 Å². The molecule has 6 heteroatoms. The number of rotatable bonds is 7. The van der Waals surface area contributed by atoms with Crippen LogP contribution in [0.2, 0.25) is 0 Å². The fraction of sp³-hybridized carbons (Fsp3) is 0.800. The summed E-state index contributed by atoms with van der Waals surface area (Å²) in [5.41, 5.74) is -0.590. The second kappa shape index (κ2) is 8.12. The van der Waals surface area contributed by atoms with E-state index in [1.807, 2.05) is 19.0 Å². The quantitative estimate of drug-likeness (QED) is 0.744. The fourth-order valence-corrected chi connectivity index (χ4v) is 1.87. The molecule has 0 aliphatic heterocycles. The van der Waals surface area contributed by atoms with E-state index in [4.69, 9.17) is 0 Å². The first-order valence-corrected chi connectivity index (χ1v) is 7.16. The topological polar surface area (TPSA) is 69.7 Å². The number of carbonyl (C=O) groups is 3. The van der Waals surface area contributed by atoms with Gasteiger partial charge in [-0.2, -0.15) is 0 Å². The van der Waals surface area contributed by atoms with Gasteiger partial charge in [0.2, 0.25) is 11.8 Å². The minimum Gasteiger partial charge on any atom is -0.353 e. The van der Waals surface area contributed by atoms with Gasteiger partial charge >= 0.3 is 0 Å². The van der Waals surface area contributed by atoms with Crippen LogP contribution in [-0.2, 0) is 14.4 Å². The molecule has 0 aromatic rings. The van der Waals surface area contributed by atoms with Gasteiger partial charge in [0, 0.05) is 32.0 Å². The van der Waals surface area contributed by atoms with Crippen LogP contribution in [0.15, 0.2) is 0 Å². The highest BCUT2D eigenvalue weighted by molar-refractivity contribution is 5.93. The number of carbonyl (C=O) groups excluding carboxylic acids is 3. The summed E-state index contributed by atoms with van der Waals surface area (Å²) < 4.78 is 0. The third kappa shape index (κ3) is 7.22. The lowest BCUT2D eigenvalue weighted by atomic mass is 9.93. The summed E-state index contributed by atoms with van der Waals surface area (Å²) in [4.78, 5) is 39.3. The first-order chi connectivity index (χ1) is 9.46. The van der Waals surface area contributed by atoms with Crippen LogP contribution in [0.3, 0.4) is 0 Å². The Morgan fingerprint density at radius 2 is 1.62 bits per heavy atom. The summed E-state index contributed by atoms with van der Waals surface area (Å²) >= 11 is 0. The van der Waals surface area contributed by atoms with Crippen LogP contribution in [0.5, 0.6) is 0 Å². The average Bonchev–Trinajstić information content (AvgIpc) is 2.32. The van der Waals surface area contributed by atoms with Crippen molar-refractivity contribution in [3.63, 3.8) is 0 Å². The summed E-state index contributed by atoms with van der Waals surface area (Å²) in [5.74, 6) is -0.556. The molecule has 0 aromatic carbocycles. The van der Waals surface area contributed by atoms with Crippen LogP contribution < -0.4 is 5.32 Å². The van der Waals surface area contributed by atoms with E-state index in [-0.39, 0.29) is 24.0 Å². The minimum atomic E-state index is -0.753. The number of nitrogens with one attached hydrogen (secondary N) is 1. The molecular weight excluding hydrogens is 270 g/mol. The average molecular weight is 299 g/mol. The van der Waals surface area contributed by atoms with Crippen LogP contribution in [0.25, 0.3) is 0 Å². The lowest BCUT2D eigenvalue weighted by Gasteiger charge is -2.32. The van der Waals surface area contributed by atoms with Crippen molar-refractivity contribution in [1.29, 1.82) is 0 Å². The van der Waals surface area contributed by atoms with E-state index in [1.165, 1.54) is 11.8 Å². The maximum absolute atomic E-state index is 12.3. The molecular formula is C15H29N3O3. The highest BCUT2D eigenvalue weighted by Gasteiger charge is 2.33. The molecule has 0 saturated carbocycles. The third-order valence-electron chi connectivity index (χ3n) is 3.07. The summed E-state index contributed by atoms with van der Waals surface area (Å²) in [7, 11) is 5.40. The van der Waals surface area contributed by atoms with E-state index in [1.54, 1.807) is 27.8 Å². The highest BCUT2D eigenvalue weighted by Crippen LogP contribution is 2.19. The molecule has 0 radical (unpaired) electrons. The number of hydrogen-bond acceptors (Lipinski definition) is 4. The van der Waals surface area contributed by atoms with E-state index >= 15 is 0 Å². The van der Waals surface area contributed by atoms with Gasteiger partial charge in [-0.3, -0.25) is 14.4 Å². The normalized spacial score (nSPS) is 13.0. The number of hydrogen-bond donors (Lipinski definition) is 1. The summed E-state index contributed by atoms with van der Waals surface area (Å²) in [6.07, 6.45) is 0.0338. The van der Waals surface area contributed by atoms with E-state index in [2.05, 4.69) is 5.32 Å². The van der Waals surface area contributed by atoms with Crippen LogP contribution in [0.1, 0.15) is 34.1 Å². The zero-order valence-corrected chi connectivity index (χ0v) is 14.3. The Kier molecular flexibility index (Phi) is 7.57. The van der Waals surface area contributed by atoms with E-state index in [0.29, 0.717) is 13.1 Å². The predicted molar refractivity (Wildman–Crippen MR) is 82.9 cm³/mol. The minimum absolute atomic E-state index is 0.0338. The van der Waals surface area contributed by atoms with E-state index in [9.17, 15) is 14.4 Å². The first kappa shape index (κ1) is 19.6. The van der Waals surface area contributed by atoms with Crippen LogP contribution in [0, 0.1) is 5.41 Å². The largest absolute Gasteiger partial charge is 0.353 e. The van der Waals surface area contributed by atoms with Gasteiger partial charge in [-0.05, 0) is 21.0 Å². The fourth-order valence-electron chi connectivity index (χ4n) is 1.87. The predicted octanol–water partition coefficient (Wildman–Crippen LogP) is 0.516. The number of Topliss-reactive ketones (excluding diaryl/α,β-unsaturated/α-hetero) is 1. The van der Waals surface area contributed by atoms with Gasteiger partial charge in [0.1, 0.15) is 11.8 Å². The molecule has 0 aliphatic rings. The lowest BCUT2D eigenvalue weighted by Crippen LogP contribution is -2.52. The third-order valence-corrected chi connectivity index (χ3v) is 3.07. The van der Waals surface area contributed by atoms with Gasteiger partial charge in [0.15, 0.2) is 0 Å². The highest BCUT2D eigenvalue weighted by atomic mass is 16.2. The molecule has 0 unspecified atom stereocenters. The monoisotopic (exact) mass is 299 g/mol. The summed E-state index contributed by atoms with van der Waals surface area (Å²) in [6, 6.07) is -0.753. The van der Waals surface area contributed by atoms with Crippen molar-refractivity contribution in [3.8, 4) is 0 Å². The van der Waals surface area contributed by atoms with Gasteiger partial charge in [0.25, 0.3) is 0 Å². The van der Waals surface area contributed by atoms with Gasteiger partial charge in [-0.15, -0.1) is 0 Å². The van der Waals surface area contributed by atoms with Crippen LogP contribution in [0.4, 0.5) is 0 Å². The SMILES string of the molecule is CC(=O)C[C@@H](C(=O)NCCN(C)C)N(C)C(=O)C(C)(C)C. The zero-order valence-electron chi connectivity index (χ0n) is 14.3. The maximum Gasteiger partial charge on any atom is 0.243 e. The summed E-state index contributed by atoms with van der Waals surface area (Å²) in [5, 5.41) is 2.78. The lowest BCUT2D eigenvalue weighted by molar-refractivity contribution is -0.146. The maximum atomic E-state index is 12.3. The molecule has 0 fully saturated rings. The molecule has 0 spiro atoms. The molecule has 0 aromatic heterocycles. The molecule has 0 rings (SSSR count). The van der Waals surface area contributed by atoms with Crippen molar-refractivity contribution in [1.82, 2.24) is 15.1 Å². The molecule has 1 N–H and O–H groups in total. The Bertz CT molecular complexity index is 386. The molecule has 0 bridgehead atoms. The van der Waals surface area contributed by atoms with Crippen molar-refractivity contribution in [3.05, 3.63) is 0 Å². The second-order valence-electron chi connectivity index (χ2n) is 6.68. The number of ketones is 1.